The summed E-state index contributed by atoms with van der Waals surface area (Å²) in [5.41, 5.74) is 3.73. The second-order valence-electron chi connectivity index (χ2n) is 3.54. The lowest BCUT2D eigenvalue weighted by atomic mass is 9.99. The number of hydrogen-bond acceptors (Lipinski definition) is 0. The van der Waals surface area contributed by atoms with Gasteiger partial charge >= 0.3 is 0 Å². The molecule has 0 fully saturated rings. The Morgan fingerprint density at radius 3 is 2.12 bits per heavy atom. The molecule has 0 saturated carbocycles. The topological polar surface area (TPSA) is 0 Å². The van der Waals surface area contributed by atoms with Crippen molar-refractivity contribution in [2.24, 2.45) is 0 Å². The van der Waals surface area contributed by atoms with E-state index in [9.17, 15) is 0 Å². The van der Waals surface area contributed by atoms with Gasteiger partial charge < -0.3 is 0 Å². The van der Waals surface area contributed by atoms with Crippen LogP contribution in [0.1, 0.15) is 13.8 Å². The molecule has 0 amide bonds. The Balaban J connectivity index is 4.84. The molecule has 0 nitrogen and oxygen atoms in total. The fourth-order valence-corrected chi connectivity index (χ4v) is 1.02. The first kappa shape index (κ1) is 14.2. The monoisotopic (exact) mass is 212 g/mol. The summed E-state index contributed by atoms with van der Waals surface area (Å²) in [5, 5.41) is 0. The van der Waals surface area contributed by atoms with Gasteiger partial charge in [0.05, 0.1) is 0 Å². The van der Waals surface area contributed by atoms with Crippen LogP contribution in [-0.4, -0.2) is 0 Å². The molecule has 0 aromatic carbocycles. The van der Waals surface area contributed by atoms with E-state index in [0.29, 0.717) is 0 Å². The van der Waals surface area contributed by atoms with Crippen LogP contribution in [0.5, 0.6) is 0 Å². The molecule has 0 rings (SSSR count). The van der Waals surface area contributed by atoms with Crippen LogP contribution in [0.25, 0.3) is 0 Å². The van der Waals surface area contributed by atoms with Gasteiger partial charge in [-0.1, -0.05) is 68.3 Å². The Labute approximate surface area is 99.4 Å². The zero-order valence-corrected chi connectivity index (χ0v) is 10.3. The maximum atomic E-state index is 4.00. The molecule has 84 valence electrons. The van der Waals surface area contributed by atoms with Crippen molar-refractivity contribution in [2.45, 2.75) is 13.8 Å². The summed E-state index contributed by atoms with van der Waals surface area (Å²) < 4.78 is 0. The molecule has 0 atom stereocenters. The van der Waals surface area contributed by atoms with Crippen LogP contribution in [0.3, 0.4) is 0 Å². The molecular formula is C16H20. The molecule has 0 saturated heterocycles. The van der Waals surface area contributed by atoms with Crippen molar-refractivity contribution in [3.05, 3.63) is 85.1 Å². The van der Waals surface area contributed by atoms with Crippen LogP contribution < -0.4 is 0 Å². The third-order valence-corrected chi connectivity index (χ3v) is 1.99. The zero-order valence-electron chi connectivity index (χ0n) is 10.3. The minimum absolute atomic E-state index is 0.874. The van der Waals surface area contributed by atoms with Crippen LogP contribution in [0, 0.1) is 0 Å². The van der Waals surface area contributed by atoms with Crippen molar-refractivity contribution >= 4 is 0 Å². The lowest BCUT2D eigenvalue weighted by molar-refractivity contribution is 1.47. The van der Waals surface area contributed by atoms with Crippen molar-refractivity contribution < 1.29 is 0 Å². The first-order chi connectivity index (χ1) is 7.52. The fourth-order valence-electron chi connectivity index (χ4n) is 1.02. The Morgan fingerprint density at radius 2 is 1.69 bits per heavy atom. The largest absolute Gasteiger partial charge is 0.0984 e. The van der Waals surface area contributed by atoms with Gasteiger partial charge in [-0.15, -0.1) is 0 Å². The molecule has 0 spiro atoms. The number of rotatable bonds is 6. The van der Waals surface area contributed by atoms with E-state index in [1.54, 1.807) is 6.08 Å². The van der Waals surface area contributed by atoms with E-state index in [1.807, 2.05) is 44.2 Å². The predicted octanol–water partition coefficient (Wildman–Crippen LogP) is 4.92. The average molecular weight is 212 g/mol. The molecular weight excluding hydrogens is 192 g/mol. The van der Waals surface area contributed by atoms with Gasteiger partial charge in [0.2, 0.25) is 0 Å². The van der Waals surface area contributed by atoms with E-state index in [0.717, 1.165) is 22.3 Å². The second-order valence-corrected chi connectivity index (χ2v) is 3.54. The fraction of sp³-hybridized carbons (Fsp3) is 0.125. The van der Waals surface area contributed by atoms with Gasteiger partial charge in [-0.2, -0.15) is 0 Å². The molecule has 0 aromatic heterocycles. The lowest BCUT2D eigenvalue weighted by Gasteiger charge is -2.05. The van der Waals surface area contributed by atoms with Crippen molar-refractivity contribution in [1.29, 1.82) is 0 Å². The zero-order chi connectivity index (χ0) is 12.6. The summed E-state index contributed by atoms with van der Waals surface area (Å²) >= 11 is 0. The van der Waals surface area contributed by atoms with E-state index in [2.05, 4.69) is 26.3 Å². The van der Waals surface area contributed by atoms with Crippen LogP contribution in [0.15, 0.2) is 85.1 Å². The molecule has 0 bridgehead atoms. The lowest BCUT2D eigenvalue weighted by Crippen LogP contribution is -1.86. The quantitative estimate of drug-likeness (QED) is 0.548. The normalized spacial score (nSPS) is 12.0. The Bertz CT molecular complexity index is 384. The minimum Gasteiger partial charge on any atom is -0.0984 e. The summed E-state index contributed by atoms with van der Waals surface area (Å²) in [6.45, 7) is 19.4. The van der Waals surface area contributed by atoms with Crippen molar-refractivity contribution in [3.8, 4) is 0 Å². The van der Waals surface area contributed by atoms with Gasteiger partial charge in [0, 0.05) is 0 Å². The van der Waals surface area contributed by atoms with E-state index in [4.69, 9.17) is 0 Å². The van der Waals surface area contributed by atoms with E-state index < -0.39 is 0 Å². The molecule has 16 heavy (non-hydrogen) atoms. The molecule has 0 aliphatic heterocycles. The summed E-state index contributed by atoms with van der Waals surface area (Å²) in [5.74, 6) is 0. The highest BCUT2D eigenvalue weighted by Gasteiger charge is 1.99. The van der Waals surface area contributed by atoms with Gasteiger partial charge in [0.25, 0.3) is 0 Å². The Kier molecular flexibility index (Phi) is 6.62. The van der Waals surface area contributed by atoms with E-state index in [-0.39, 0.29) is 0 Å². The van der Waals surface area contributed by atoms with Crippen molar-refractivity contribution in [2.75, 3.05) is 0 Å². The number of hydrogen-bond donors (Lipinski definition) is 0. The van der Waals surface area contributed by atoms with E-state index in [1.165, 1.54) is 0 Å². The van der Waals surface area contributed by atoms with Crippen LogP contribution in [0.2, 0.25) is 0 Å². The number of allylic oxidation sites excluding steroid dienone is 10. The predicted molar refractivity (Wildman–Crippen MR) is 75.3 cm³/mol. The van der Waals surface area contributed by atoms with Crippen molar-refractivity contribution in [3.63, 3.8) is 0 Å². The van der Waals surface area contributed by atoms with Crippen LogP contribution in [0.4, 0.5) is 0 Å². The molecule has 0 radical (unpaired) electrons. The SMILES string of the molecule is C=C/C(=C\C=C/C)C(=C)C(=C)/C=C\C(=C)C. The van der Waals surface area contributed by atoms with Crippen LogP contribution in [-0.2, 0) is 0 Å². The first-order valence-corrected chi connectivity index (χ1v) is 5.20. The summed E-state index contributed by atoms with van der Waals surface area (Å²) in [7, 11) is 0. The van der Waals surface area contributed by atoms with Crippen LogP contribution >= 0.6 is 0 Å². The molecule has 0 N–H and O–H groups in total. The minimum atomic E-state index is 0.874. The third-order valence-electron chi connectivity index (χ3n) is 1.99. The smallest absolute Gasteiger partial charge is 0.0190 e. The Hall–Kier alpha value is -1.82. The first-order valence-electron chi connectivity index (χ1n) is 5.20. The summed E-state index contributed by atoms with van der Waals surface area (Å²) in [6.07, 6.45) is 11.5. The van der Waals surface area contributed by atoms with Crippen molar-refractivity contribution in [1.82, 2.24) is 0 Å². The maximum Gasteiger partial charge on any atom is -0.0190 e. The van der Waals surface area contributed by atoms with Gasteiger partial charge in [0.1, 0.15) is 0 Å². The van der Waals surface area contributed by atoms with Gasteiger partial charge in [-0.25, -0.2) is 0 Å². The molecule has 0 heteroatoms. The molecule has 0 aromatic rings. The van der Waals surface area contributed by atoms with Gasteiger partial charge in [0.15, 0.2) is 0 Å². The Morgan fingerprint density at radius 1 is 1.06 bits per heavy atom. The standard InChI is InChI=1S/C16H20/c1-7-9-10-16(8-2)15(6)14(5)12-11-13(3)4/h7-12H,2-3,5-6H2,1,4H3/b9-7-,12-11-,16-10+. The average Bonchev–Trinajstić information content (AvgIpc) is 2.26. The highest BCUT2D eigenvalue weighted by atomic mass is 14.0. The summed E-state index contributed by atoms with van der Waals surface area (Å²) in [6, 6.07) is 0. The molecule has 0 aliphatic carbocycles. The highest BCUT2D eigenvalue weighted by molar-refractivity contribution is 5.54. The summed E-state index contributed by atoms with van der Waals surface area (Å²) in [4.78, 5) is 0. The van der Waals surface area contributed by atoms with Gasteiger partial charge in [-0.05, 0) is 30.6 Å². The third kappa shape index (κ3) is 5.16. The second kappa shape index (κ2) is 7.47. The molecule has 0 heterocycles. The maximum absolute atomic E-state index is 4.00. The molecule has 0 unspecified atom stereocenters. The molecule has 0 aliphatic rings. The highest BCUT2D eigenvalue weighted by Crippen LogP contribution is 2.18. The van der Waals surface area contributed by atoms with E-state index >= 15 is 0 Å². The van der Waals surface area contributed by atoms with Gasteiger partial charge in [-0.3, -0.25) is 0 Å².